The van der Waals surface area contributed by atoms with Crippen LogP contribution in [0.1, 0.15) is 12.8 Å². The smallest absolute Gasteiger partial charge is 0.306 e. The average Bonchev–Trinajstić information content (AvgIpc) is 2.25. The van der Waals surface area contributed by atoms with E-state index in [1.807, 2.05) is 0 Å². The van der Waals surface area contributed by atoms with Gasteiger partial charge in [-0.05, 0) is 0 Å². The van der Waals surface area contributed by atoms with Crippen LogP contribution in [-0.2, 0) is 9.59 Å². The maximum atomic E-state index is 11.4. The van der Waals surface area contributed by atoms with Crippen molar-refractivity contribution in [2.45, 2.75) is 12.8 Å². The molecular formula is C9H12N4O4. The fourth-order valence-electron chi connectivity index (χ4n) is 1.67. The van der Waals surface area contributed by atoms with Crippen LogP contribution in [0.25, 0.3) is 0 Å². The lowest BCUT2D eigenvalue weighted by Gasteiger charge is -2.34. The predicted molar refractivity (Wildman–Crippen MR) is 54.6 cm³/mol. The van der Waals surface area contributed by atoms with Crippen LogP contribution in [0.4, 0.5) is 9.59 Å². The molecule has 8 heteroatoms. The third kappa shape index (κ3) is 2.52. The van der Waals surface area contributed by atoms with E-state index in [4.69, 9.17) is 0 Å². The van der Waals surface area contributed by atoms with Crippen molar-refractivity contribution in [1.82, 2.24) is 20.4 Å². The van der Waals surface area contributed by atoms with Gasteiger partial charge in [0.2, 0.25) is 11.8 Å². The summed E-state index contributed by atoms with van der Waals surface area (Å²) < 4.78 is 0. The van der Waals surface area contributed by atoms with Crippen molar-refractivity contribution in [3.63, 3.8) is 0 Å². The molecule has 17 heavy (non-hydrogen) atoms. The summed E-state index contributed by atoms with van der Waals surface area (Å²) in [6, 6.07) is -1.02. The Morgan fingerprint density at radius 2 is 1.24 bits per heavy atom. The Bertz CT molecular complexity index is 358. The molecule has 0 aliphatic carbocycles. The van der Waals surface area contributed by atoms with Gasteiger partial charge < -0.3 is 9.80 Å². The quantitative estimate of drug-likeness (QED) is 0.635. The largest absolute Gasteiger partial charge is 0.325 e. The fourth-order valence-corrected chi connectivity index (χ4v) is 1.67. The Kier molecular flexibility index (Phi) is 2.94. The summed E-state index contributed by atoms with van der Waals surface area (Å²) in [7, 11) is 0. The van der Waals surface area contributed by atoms with E-state index in [0.29, 0.717) is 0 Å². The van der Waals surface area contributed by atoms with E-state index in [1.54, 1.807) is 0 Å². The SMILES string of the molecule is O=C1CCN(CN2CCC(=O)NC2=O)C(=O)N1. The van der Waals surface area contributed by atoms with Gasteiger partial charge in [0.1, 0.15) is 0 Å². The zero-order valence-electron chi connectivity index (χ0n) is 9.06. The number of amides is 6. The molecule has 2 fully saturated rings. The highest BCUT2D eigenvalue weighted by atomic mass is 16.2. The molecule has 0 aromatic carbocycles. The number of urea groups is 2. The number of hydrogen-bond acceptors (Lipinski definition) is 4. The minimum Gasteiger partial charge on any atom is -0.306 e. The molecule has 0 aromatic rings. The minimum atomic E-state index is -0.508. The molecule has 0 aromatic heterocycles. The predicted octanol–water partition coefficient (Wildman–Crippen LogP) is -1.17. The van der Waals surface area contributed by atoms with Crippen LogP contribution in [0.2, 0.25) is 0 Å². The first kappa shape index (κ1) is 11.4. The van der Waals surface area contributed by atoms with Crippen LogP contribution in [0, 0.1) is 0 Å². The number of carbonyl (C=O) groups is 4. The summed E-state index contributed by atoms with van der Waals surface area (Å²) in [4.78, 5) is 47.4. The van der Waals surface area contributed by atoms with Crippen molar-refractivity contribution in [3.8, 4) is 0 Å². The molecule has 6 amide bonds. The topological polar surface area (TPSA) is 98.8 Å². The van der Waals surface area contributed by atoms with Gasteiger partial charge in [-0.15, -0.1) is 0 Å². The Hall–Kier alpha value is -2.12. The number of imide groups is 2. The molecule has 2 aliphatic rings. The maximum Gasteiger partial charge on any atom is 0.325 e. The lowest BCUT2D eigenvalue weighted by molar-refractivity contribution is -0.121. The van der Waals surface area contributed by atoms with Crippen LogP contribution in [0.3, 0.4) is 0 Å². The molecule has 0 spiro atoms. The van der Waals surface area contributed by atoms with E-state index in [-0.39, 0.29) is 44.4 Å². The Morgan fingerprint density at radius 3 is 1.59 bits per heavy atom. The number of nitrogens with zero attached hydrogens (tertiary/aromatic N) is 2. The van der Waals surface area contributed by atoms with Crippen LogP contribution in [0.15, 0.2) is 0 Å². The van der Waals surface area contributed by atoms with Crippen LogP contribution in [-0.4, -0.2) is 53.4 Å². The lowest BCUT2D eigenvalue weighted by Crippen LogP contribution is -2.57. The van der Waals surface area contributed by atoms with E-state index in [9.17, 15) is 19.2 Å². The highest BCUT2D eigenvalue weighted by Crippen LogP contribution is 2.06. The fraction of sp³-hybridized carbons (Fsp3) is 0.556. The number of rotatable bonds is 2. The molecule has 0 bridgehead atoms. The zero-order valence-corrected chi connectivity index (χ0v) is 9.06. The van der Waals surface area contributed by atoms with E-state index < -0.39 is 12.1 Å². The van der Waals surface area contributed by atoms with Gasteiger partial charge in [0, 0.05) is 25.9 Å². The first-order chi connectivity index (χ1) is 8.06. The Morgan fingerprint density at radius 1 is 0.824 bits per heavy atom. The summed E-state index contributed by atoms with van der Waals surface area (Å²) in [5.41, 5.74) is 0. The van der Waals surface area contributed by atoms with Crippen molar-refractivity contribution in [3.05, 3.63) is 0 Å². The first-order valence-electron chi connectivity index (χ1n) is 5.24. The van der Waals surface area contributed by atoms with Gasteiger partial charge in [0.15, 0.2) is 0 Å². The lowest BCUT2D eigenvalue weighted by atomic mass is 10.3. The van der Waals surface area contributed by atoms with Gasteiger partial charge in [-0.25, -0.2) is 9.59 Å². The van der Waals surface area contributed by atoms with Gasteiger partial charge in [-0.1, -0.05) is 0 Å². The van der Waals surface area contributed by atoms with Crippen LogP contribution < -0.4 is 10.6 Å². The van der Waals surface area contributed by atoms with Crippen molar-refractivity contribution >= 4 is 23.9 Å². The molecule has 8 nitrogen and oxygen atoms in total. The summed E-state index contributed by atoms with van der Waals surface area (Å²) >= 11 is 0. The van der Waals surface area contributed by atoms with E-state index in [0.717, 1.165) is 0 Å². The second-order valence-corrected chi connectivity index (χ2v) is 3.87. The molecule has 0 radical (unpaired) electrons. The third-order valence-corrected chi connectivity index (χ3v) is 2.63. The van der Waals surface area contributed by atoms with Gasteiger partial charge in [0.25, 0.3) is 0 Å². The van der Waals surface area contributed by atoms with Crippen molar-refractivity contribution < 1.29 is 19.2 Å². The van der Waals surface area contributed by atoms with Crippen molar-refractivity contribution in [1.29, 1.82) is 0 Å². The molecule has 2 heterocycles. The second-order valence-electron chi connectivity index (χ2n) is 3.87. The molecule has 2 saturated heterocycles. The molecule has 0 atom stereocenters. The molecule has 2 aliphatic heterocycles. The second kappa shape index (κ2) is 4.40. The highest BCUT2D eigenvalue weighted by molar-refractivity contribution is 5.98. The number of hydrogen-bond donors (Lipinski definition) is 2. The summed E-state index contributed by atoms with van der Waals surface area (Å²) in [5, 5.41) is 4.33. The summed E-state index contributed by atoms with van der Waals surface area (Å²) in [6.07, 6.45) is 0.445. The van der Waals surface area contributed by atoms with E-state index in [2.05, 4.69) is 10.6 Å². The van der Waals surface area contributed by atoms with Crippen LogP contribution in [0.5, 0.6) is 0 Å². The van der Waals surface area contributed by atoms with Crippen molar-refractivity contribution in [2.24, 2.45) is 0 Å². The van der Waals surface area contributed by atoms with Gasteiger partial charge in [-0.2, -0.15) is 0 Å². The summed E-state index contributed by atoms with van der Waals surface area (Å²) in [5.74, 6) is -0.631. The van der Waals surface area contributed by atoms with Gasteiger partial charge in [0.05, 0.1) is 6.67 Å². The Labute approximate surface area is 96.9 Å². The molecule has 2 rings (SSSR count). The number of nitrogens with one attached hydrogen (secondary N) is 2. The molecule has 2 N–H and O–H groups in total. The average molecular weight is 240 g/mol. The molecular weight excluding hydrogens is 228 g/mol. The number of carbonyl (C=O) groups excluding carboxylic acids is 4. The minimum absolute atomic E-state index is 0.0816. The normalized spacial score (nSPS) is 21.4. The molecule has 0 unspecified atom stereocenters. The van der Waals surface area contributed by atoms with Gasteiger partial charge >= 0.3 is 12.1 Å². The highest BCUT2D eigenvalue weighted by Gasteiger charge is 2.29. The monoisotopic (exact) mass is 240 g/mol. The van der Waals surface area contributed by atoms with Crippen molar-refractivity contribution in [2.75, 3.05) is 19.8 Å². The van der Waals surface area contributed by atoms with Crippen LogP contribution >= 0.6 is 0 Å². The van der Waals surface area contributed by atoms with Gasteiger partial charge in [-0.3, -0.25) is 20.2 Å². The maximum absolute atomic E-state index is 11.4. The molecule has 92 valence electrons. The Balaban J connectivity index is 1.92. The zero-order chi connectivity index (χ0) is 12.4. The van der Waals surface area contributed by atoms with E-state index >= 15 is 0 Å². The third-order valence-electron chi connectivity index (χ3n) is 2.63. The standard InChI is InChI=1S/C9H12N4O4/c14-6-1-3-12(8(16)10-6)5-13-4-2-7(15)11-9(13)17/h1-5H2,(H,10,14,16)(H,11,15,17). The van der Waals surface area contributed by atoms with E-state index in [1.165, 1.54) is 9.80 Å². The summed E-state index contributed by atoms with van der Waals surface area (Å²) in [6.45, 7) is 0.642. The first-order valence-corrected chi connectivity index (χ1v) is 5.24. The molecule has 0 saturated carbocycles.